The summed E-state index contributed by atoms with van der Waals surface area (Å²) in [5, 5.41) is 11.8. The lowest BCUT2D eigenvalue weighted by molar-refractivity contribution is -0.112. The molecule has 6 heteroatoms. The van der Waals surface area contributed by atoms with Crippen LogP contribution >= 0.6 is 22.6 Å². The molecule has 0 radical (unpaired) electrons. The van der Waals surface area contributed by atoms with E-state index in [1.54, 1.807) is 30.3 Å². The molecule has 0 unspecified atom stereocenters. The number of nitrogens with zero attached hydrogens (tertiary/aromatic N) is 1. The first kappa shape index (κ1) is 17.1. The summed E-state index contributed by atoms with van der Waals surface area (Å²) < 4.78 is 11.6. The fraction of sp³-hybridized carbons (Fsp3) is 0.176. The highest BCUT2D eigenvalue weighted by atomic mass is 127. The molecule has 1 N–H and O–H groups in total. The number of nitriles is 1. The molecule has 0 aliphatic carbocycles. The first-order chi connectivity index (χ1) is 11.0. The van der Waals surface area contributed by atoms with Gasteiger partial charge in [-0.05, 0) is 60.7 Å². The molecule has 1 aromatic heterocycles. The third-order valence-electron chi connectivity index (χ3n) is 2.71. The minimum atomic E-state index is -0.499. The Bertz CT molecular complexity index is 772. The smallest absolute Gasteiger partial charge is 0.266 e. The molecular formula is C17H15IN2O3. The van der Waals surface area contributed by atoms with E-state index in [1.807, 2.05) is 48.6 Å². The van der Waals surface area contributed by atoms with Crippen molar-refractivity contribution in [2.24, 2.45) is 0 Å². The zero-order chi connectivity index (χ0) is 16.8. The summed E-state index contributed by atoms with van der Waals surface area (Å²) in [6.45, 7) is 3.85. The van der Waals surface area contributed by atoms with Crippen LogP contribution in [-0.4, -0.2) is 12.0 Å². The Morgan fingerprint density at radius 1 is 1.39 bits per heavy atom. The van der Waals surface area contributed by atoms with E-state index in [-0.39, 0.29) is 11.7 Å². The quantitative estimate of drug-likeness (QED) is 0.445. The fourth-order valence-electron chi connectivity index (χ4n) is 1.81. The first-order valence-electron chi connectivity index (χ1n) is 6.93. The van der Waals surface area contributed by atoms with E-state index >= 15 is 0 Å². The van der Waals surface area contributed by atoms with Gasteiger partial charge in [-0.1, -0.05) is 6.07 Å². The van der Waals surface area contributed by atoms with Crippen LogP contribution in [0.4, 0.5) is 5.69 Å². The van der Waals surface area contributed by atoms with Gasteiger partial charge in [-0.3, -0.25) is 4.79 Å². The molecule has 23 heavy (non-hydrogen) atoms. The third-order valence-corrected chi connectivity index (χ3v) is 3.29. The highest BCUT2D eigenvalue weighted by Gasteiger charge is 2.11. The molecule has 0 atom stereocenters. The number of hydrogen-bond donors (Lipinski definition) is 1. The van der Waals surface area contributed by atoms with Crippen LogP contribution in [0.25, 0.3) is 6.08 Å². The van der Waals surface area contributed by atoms with Crippen molar-refractivity contribution in [3.8, 4) is 11.8 Å². The molecule has 1 heterocycles. The average Bonchev–Trinajstić information content (AvgIpc) is 2.89. The number of hydrogen-bond acceptors (Lipinski definition) is 4. The Balaban J connectivity index is 2.14. The summed E-state index contributed by atoms with van der Waals surface area (Å²) in [7, 11) is 0. The first-order valence-corrected chi connectivity index (χ1v) is 8.01. The predicted molar refractivity (Wildman–Crippen MR) is 95.9 cm³/mol. The Labute approximate surface area is 148 Å². The van der Waals surface area contributed by atoms with Crippen molar-refractivity contribution in [3.63, 3.8) is 0 Å². The van der Waals surface area contributed by atoms with Crippen LogP contribution in [0.15, 0.2) is 46.4 Å². The Hall–Kier alpha value is -2.27. The second kappa shape index (κ2) is 7.83. The number of rotatable bonds is 5. The van der Waals surface area contributed by atoms with Gasteiger partial charge in [0.05, 0.1) is 6.10 Å². The number of carbonyl (C=O) groups excluding carboxylic acids is 1. The van der Waals surface area contributed by atoms with E-state index in [1.165, 1.54) is 6.08 Å². The van der Waals surface area contributed by atoms with Crippen molar-refractivity contribution in [2.45, 2.75) is 20.0 Å². The maximum atomic E-state index is 12.2. The van der Waals surface area contributed by atoms with Gasteiger partial charge in [0.15, 0.2) is 3.77 Å². The minimum Gasteiger partial charge on any atom is -0.491 e. The molecule has 1 amide bonds. The lowest BCUT2D eigenvalue weighted by Gasteiger charge is -2.11. The molecule has 0 spiro atoms. The van der Waals surface area contributed by atoms with Gasteiger partial charge in [-0.2, -0.15) is 5.26 Å². The lowest BCUT2D eigenvalue weighted by atomic mass is 10.2. The van der Waals surface area contributed by atoms with Crippen LogP contribution in [0.2, 0.25) is 0 Å². The average molecular weight is 422 g/mol. The minimum absolute atomic E-state index is 0.0362. The summed E-state index contributed by atoms with van der Waals surface area (Å²) in [4.78, 5) is 12.2. The molecule has 0 aliphatic heterocycles. The maximum Gasteiger partial charge on any atom is 0.266 e. The van der Waals surface area contributed by atoms with Gasteiger partial charge >= 0.3 is 0 Å². The molecule has 0 fully saturated rings. The van der Waals surface area contributed by atoms with Crippen LogP contribution in [0.1, 0.15) is 19.6 Å². The van der Waals surface area contributed by atoms with Gasteiger partial charge in [-0.15, -0.1) is 0 Å². The van der Waals surface area contributed by atoms with E-state index in [0.717, 1.165) is 0 Å². The third kappa shape index (κ3) is 5.14. The standard InChI is InChI=1S/C17H15IN2O3/c1-11(2)22-14-5-3-4-13(9-14)20-17(21)12(10-19)8-15-6-7-16(18)23-15/h3-9,11H,1-2H3,(H,20,21)/b12-8-. The van der Waals surface area contributed by atoms with Crippen molar-refractivity contribution >= 4 is 40.3 Å². The molecule has 1 aromatic carbocycles. The van der Waals surface area contributed by atoms with Crippen molar-refractivity contribution in [3.05, 3.63) is 51.5 Å². The maximum absolute atomic E-state index is 12.2. The van der Waals surface area contributed by atoms with Crippen LogP contribution in [0.5, 0.6) is 5.75 Å². The number of ether oxygens (including phenoxy) is 1. The SMILES string of the molecule is CC(C)Oc1cccc(NC(=O)/C(C#N)=C\c2ccc(I)o2)c1. The summed E-state index contributed by atoms with van der Waals surface area (Å²) in [6, 6.07) is 12.4. The molecule has 5 nitrogen and oxygen atoms in total. The van der Waals surface area contributed by atoms with E-state index in [9.17, 15) is 4.79 Å². The number of benzene rings is 1. The number of furan rings is 1. The van der Waals surface area contributed by atoms with E-state index in [2.05, 4.69) is 5.32 Å². The monoisotopic (exact) mass is 422 g/mol. The molecule has 118 valence electrons. The van der Waals surface area contributed by atoms with Crippen molar-refractivity contribution < 1.29 is 13.9 Å². The molecule has 0 aliphatic rings. The van der Waals surface area contributed by atoms with E-state index < -0.39 is 5.91 Å². The molecule has 0 bridgehead atoms. The molecule has 0 saturated heterocycles. The van der Waals surface area contributed by atoms with Gasteiger partial charge in [0, 0.05) is 17.8 Å². The summed E-state index contributed by atoms with van der Waals surface area (Å²) in [5.41, 5.74) is 0.522. The van der Waals surface area contributed by atoms with Crippen LogP contribution in [-0.2, 0) is 4.79 Å². The van der Waals surface area contributed by atoms with Crippen LogP contribution in [0.3, 0.4) is 0 Å². The zero-order valence-electron chi connectivity index (χ0n) is 12.7. The normalized spacial score (nSPS) is 11.2. The fourth-order valence-corrected chi connectivity index (χ4v) is 2.25. The zero-order valence-corrected chi connectivity index (χ0v) is 14.8. The number of nitrogens with one attached hydrogen (secondary N) is 1. The lowest BCUT2D eigenvalue weighted by Crippen LogP contribution is -2.13. The topological polar surface area (TPSA) is 75.3 Å². The van der Waals surface area contributed by atoms with E-state index in [4.69, 9.17) is 14.4 Å². The van der Waals surface area contributed by atoms with Gasteiger partial charge in [0.25, 0.3) is 5.91 Å². The molecular weight excluding hydrogens is 407 g/mol. The second-order valence-corrected chi connectivity index (χ2v) is 6.02. The summed E-state index contributed by atoms with van der Waals surface area (Å²) in [5.74, 6) is 0.611. The molecule has 2 rings (SSSR count). The number of anilines is 1. The summed E-state index contributed by atoms with van der Waals surface area (Å²) in [6.07, 6.45) is 1.45. The number of amides is 1. The second-order valence-electron chi connectivity index (χ2n) is 4.96. The Morgan fingerprint density at radius 3 is 2.78 bits per heavy atom. The Morgan fingerprint density at radius 2 is 2.17 bits per heavy atom. The molecule has 0 saturated carbocycles. The highest BCUT2D eigenvalue weighted by Crippen LogP contribution is 2.20. The van der Waals surface area contributed by atoms with Gasteiger partial charge in [-0.25, -0.2) is 0 Å². The van der Waals surface area contributed by atoms with Crippen molar-refractivity contribution in [1.29, 1.82) is 5.26 Å². The van der Waals surface area contributed by atoms with Crippen molar-refractivity contribution in [1.82, 2.24) is 0 Å². The van der Waals surface area contributed by atoms with E-state index in [0.29, 0.717) is 21.0 Å². The number of carbonyl (C=O) groups is 1. The van der Waals surface area contributed by atoms with Crippen LogP contribution < -0.4 is 10.1 Å². The summed E-state index contributed by atoms with van der Waals surface area (Å²) >= 11 is 2.02. The van der Waals surface area contributed by atoms with Crippen molar-refractivity contribution in [2.75, 3.05) is 5.32 Å². The Kier molecular flexibility index (Phi) is 5.82. The molecule has 2 aromatic rings. The highest BCUT2D eigenvalue weighted by molar-refractivity contribution is 14.1. The van der Waals surface area contributed by atoms with Crippen LogP contribution in [0, 0.1) is 15.1 Å². The largest absolute Gasteiger partial charge is 0.491 e. The van der Waals surface area contributed by atoms with Gasteiger partial charge in [0.1, 0.15) is 23.2 Å². The van der Waals surface area contributed by atoms with Gasteiger partial charge in [0.2, 0.25) is 0 Å². The van der Waals surface area contributed by atoms with Gasteiger partial charge < -0.3 is 14.5 Å². The predicted octanol–water partition coefficient (Wildman–Crippen LogP) is 4.22. The number of halogens is 1.